The van der Waals surface area contributed by atoms with Crippen LogP contribution < -0.4 is 0 Å². The molecule has 3 heteroatoms. The normalized spacial score (nSPS) is 20.4. The molecule has 0 saturated carbocycles. The Labute approximate surface area is 86.3 Å². The minimum atomic E-state index is -1.11. The van der Waals surface area contributed by atoms with Crippen molar-refractivity contribution in [1.29, 1.82) is 0 Å². The fraction of sp³-hybridized carbons (Fsp3) is 0. The fourth-order valence-corrected chi connectivity index (χ4v) is 4.18. The summed E-state index contributed by atoms with van der Waals surface area (Å²) in [6.07, 6.45) is 4.04. The Balaban J connectivity index is 2.46. The van der Waals surface area contributed by atoms with Crippen molar-refractivity contribution in [2.45, 2.75) is 4.90 Å². The van der Waals surface area contributed by atoms with E-state index < -0.39 is 8.46 Å². The average molecular weight is 257 g/mol. The number of halogens is 1. The topological polar surface area (TPSA) is 20.2 Å². The molecule has 0 bridgehead atoms. The highest BCUT2D eigenvalue weighted by Gasteiger charge is 2.18. The molecule has 0 aliphatic carbocycles. The van der Waals surface area contributed by atoms with E-state index in [4.69, 9.17) is 0 Å². The lowest BCUT2D eigenvalue weighted by atomic mass is 10.3. The predicted octanol–water partition coefficient (Wildman–Crippen LogP) is 3.91. The molecule has 1 nitrogen and oxygen atoms in total. The van der Waals surface area contributed by atoms with E-state index in [-0.39, 0.29) is 0 Å². The lowest BCUT2D eigenvalue weighted by molar-refractivity contribution is 0.474. The number of aromatic hydroxyl groups is 1. The lowest BCUT2D eigenvalue weighted by Gasteiger charge is -2.23. The zero-order chi connectivity index (χ0) is 9.31. The van der Waals surface area contributed by atoms with Crippen LogP contribution in [0.1, 0.15) is 0 Å². The molecule has 0 amide bonds. The molecule has 0 aromatic heterocycles. The van der Waals surface area contributed by atoms with Crippen LogP contribution in [-0.4, -0.2) is 5.11 Å². The molecule has 0 spiro atoms. The maximum atomic E-state index is 9.33. The molecule has 1 aliphatic heterocycles. The van der Waals surface area contributed by atoms with E-state index in [1.807, 2.05) is 24.3 Å². The van der Waals surface area contributed by atoms with Gasteiger partial charge in [0.15, 0.2) is 0 Å². The molecule has 0 atom stereocenters. The smallest absolute Gasteiger partial charge is 0.116 e. The van der Waals surface area contributed by atoms with Crippen LogP contribution in [0.15, 0.2) is 52.1 Å². The van der Waals surface area contributed by atoms with Crippen molar-refractivity contribution in [2.75, 3.05) is 0 Å². The summed E-state index contributed by atoms with van der Waals surface area (Å²) in [5.74, 6) is 0.317. The summed E-state index contributed by atoms with van der Waals surface area (Å²) in [5, 5.41) is 13.6. The molecule has 68 valence electrons. The number of hydrogen-bond acceptors (Lipinski definition) is 1. The van der Waals surface area contributed by atoms with Gasteiger partial charge in [-0.25, -0.2) is 0 Å². The van der Waals surface area contributed by atoms with Gasteiger partial charge in [0.2, 0.25) is 0 Å². The average Bonchev–Trinajstić information content (AvgIpc) is 2.54. The van der Waals surface area contributed by atoms with Gasteiger partial charge in [0, 0.05) is 4.90 Å². The molecule has 1 aromatic rings. The Morgan fingerprint density at radius 2 is 1.85 bits per heavy atom. The van der Waals surface area contributed by atoms with Crippen molar-refractivity contribution < 1.29 is 5.11 Å². The largest absolute Gasteiger partial charge is 0.508 e. The second-order valence-electron chi connectivity index (χ2n) is 2.78. The minimum Gasteiger partial charge on any atom is -0.508 e. The molecular weight excluding hydrogens is 248 g/mol. The number of rotatable bonds is 1. The van der Waals surface area contributed by atoms with Crippen LogP contribution >= 0.6 is 23.3 Å². The van der Waals surface area contributed by atoms with Crippen molar-refractivity contribution in [3.05, 3.63) is 47.2 Å². The molecule has 0 unspecified atom stereocenters. The van der Waals surface area contributed by atoms with E-state index in [0.29, 0.717) is 5.75 Å². The van der Waals surface area contributed by atoms with Crippen molar-refractivity contribution in [2.24, 2.45) is 0 Å². The van der Waals surface area contributed by atoms with Gasteiger partial charge in [-0.3, -0.25) is 0 Å². The number of hydrogen-bond donors (Lipinski definition) is 1. The van der Waals surface area contributed by atoms with Gasteiger partial charge in [0.25, 0.3) is 0 Å². The van der Waals surface area contributed by atoms with Gasteiger partial charge < -0.3 is 5.11 Å². The van der Waals surface area contributed by atoms with Gasteiger partial charge in [-0.2, -0.15) is 0 Å². The van der Waals surface area contributed by atoms with Crippen LogP contribution in [0.5, 0.6) is 5.75 Å². The fourth-order valence-electron chi connectivity index (χ4n) is 1.20. The van der Waals surface area contributed by atoms with Gasteiger partial charge in [-0.1, -0.05) is 18.2 Å². The van der Waals surface area contributed by atoms with Crippen LogP contribution in [0.2, 0.25) is 0 Å². The molecule has 1 aliphatic rings. The summed E-state index contributed by atoms with van der Waals surface area (Å²) < 4.78 is 0. The van der Waals surface area contributed by atoms with Crippen molar-refractivity contribution in [3.63, 3.8) is 0 Å². The third-order valence-electron chi connectivity index (χ3n) is 1.84. The lowest BCUT2D eigenvalue weighted by Crippen LogP contribution is -1.81. The zero-order valence-electron chi connectivity index (χ0n) is 6.85. The summed E-state index contributed by atoms with van der Waals surface area (Å²) >= 11 is 3.69. The summed E-state index contributed by atoms with van der Waals surface area (Å²) in [6.45, 7) is 0. The first kappa shape index (κ1) is 8.91. The van der Waals surface area contributed by atoms with Gasteiger partial charge >= 0.3 is 0 Å². The number of allylic oxidation sites excluding steroid dienone is 2. The second kappa shape index (κ2) is 3.24. The standard InChI is InChI=1S/C10H9BrOS/c11-13(6-1-2-7-13)10-5-3-4-9(12)8-10/h1-8,12H. The Bertz CT molecular complexity index is 372. The van der Waals surface area contributed by atoms with E-state index >= 15 is 0 Å². The van der Waals surface area contributed by atoms with E-state index in [0.717, 1.165) is 4.90 Å². The van der Waals surface area contributed by atoms with Gasteiger partial charge in [-0.05, 0) is 43.8 Å². The van der Waals surface area contributed by atoms with Crippen LogP contribution in [0.25, 0.3) is 0 Å². The Morgan fingerprint density at radius 3 is 2.46 bits per heavy atom. The molecule has 13 heavy (non-hydrogen) atoms. The summed E-state index contributed by atoms with van der Waals surface area (Å²) in [7, 11) is -1.11. The monoisotopic (exact) mass is 256 g/mol. The maximum absolute atomic E-state index is 9.33. The predicted molar refractivity (Wildman–Crippen MR) is 61.2 cm³/mol. The highest BCUT2D eigenvalue weighted by atomic mass is 79.9. The number of phenols is 1. The van der Waals surface area contributed by atoms with E-state index in [1.54, 1.807) is 12.1 Å². The van der Waals surface area contributed by atoms with Crippen LogP contribution in [0, 0.1) is 0 Å². The summed E-state index contributed by atoms with van der Waals surface area (Å²) in [4.78, 5) is 1.12. The van der Waals surface area contributed by atoms with Gasteiger partial charge in [0.1, 0.15) is 5.75 Å². The van der Waals surface area contributed by atoms with Crippen molar-refractivity contribution in [1.82, 2.24) is 0 Å². The quantitative estimate of drug-likeness (QED) is 0.808. The maximum Gasteiger partial charge on any atom is 0.116 e. The SMILES string of the molecule is Oc1cccc(S2(Br)C=CC=C2)c1. The first-order valence-electron chi connectivity index (χ1n) is 3.87. The van der Waals surface area contributed by atoms with E-state index in [1.165, 1.54) is 0 Å². The Kier molecular flexibility index (Phi) is 2.22. The number of phenolic OH excluding ortho intramolecular Hbond substituents is 1. The molecule has 0 saturated heterocycles. The van der Waals surface area contributed by atoms with Crippen LogP contribution in [0.4, 0.5) is 0 Å². The third-order valence-corrected chi connectivity index (χ3v) is 6.34. The second-order valence-corrected chi connectivity index (χ2v) is 8.27. The first-order chi connectivity index (χ1) is 6.21. The molecule has 1 heterocycles. The minimum absolute atomic E-state index is 0.317. The summed E-state index contributed by atoms with van der Waals surface area (Å²) in [6, 6.07) is 7.36. The molecule has 2 rings (SSSR count). The van der Waals surface area contributed by atoms with Crippen LogP contribution in [-0.2, 0) is 0 Å². The van der Waals surface area contributed by atoms with Crippen molar-refractivity contribution >= 4 is 23.3 Å². The van der Waals surface area contributed by atoms with E-state index in [2.05, 4.69) is 25.6 Å². The Hall–Kier alpha value is -0.670. The molecular formula is C10H9BrOS. The number of benzene rings is 1. The highest BCUT2D eigenvalue weighted by molar-refractivity contribution is 9.59. The zero-order valence-corrected chi connectivity index (χ0v) is 9.25. The highest BCUT2D eigenvalue weighted by Crippen LogP contribution is 2.67. The Morgan fingerprint density at radius 1 is 1.15 bits per heavy atom. The van der Waals surface area contributed by atoms with E-state index in [9.17, 15) is 5.11 Å². The molecule has 0 fully saturated rings. The third kappa shape index (κ3) is 1.67. The molecule has 1 aromatic carbocycles. The molecule has 0 radical (unpaired) electrons. The molecule has 1 N–H and O–H groups in total. The van der Waals surface area contributed by atoms with Gasteiger partial charge in [-0.15, -0.1) is 8.46 Å². The van der Waals surface area contributed by atoms with Gasteiger partial charge in [0.05, 0.1) is 0 Å². The summed E-state index contributed by atoms with van der Waals surface area (Å²) in [5.41, 5.74) is 0. The van der Waals surface area contributed by atoms with Crippen molar-refractivity contribution in [3.8, 4) is 5.75 Å². The van der Waals surface area contributed by atoms with Crippen LogP contribution in [0.3, 0.4) is 0 Å². The first-order valence-corrected chi connectivity index (χ1v) is 7.48.